The standard InChI is InChI=1S/C22H23FN4O2S/c1-15(7-8-16-5-3-2-4-6-16)24-19(28)13-14-20-26-27-22(30-20)21(29)25-18-11-9-17(23)10-12-18/h2-6,9-12,15H,7-8,13-14H2,1H3,(H,24,28)(H,25,29). The van der Waals surface area contributed by atoms with Crippen LogP contribution in [0.15, 0.2) is 54.6 Å². The monoisotopic (exact) mass is 426 g/mol. The molecule has 2 aromatic carbocycles. The highest BCUT2D eigenvalue weighted by atomic mass is 32.1. The van der Waals surface area contributed by atoms with E-state index in [4.69, 9.17) is 0 Å². The number of hydrogen-bond acceptors (Lipinski definition) is 5. The van der Waals surface area contributed by atoms with Gasteiger partial charge in [0.05, 0.1) is 0 Å². The largest absolute Gasteiger partial charge is 0.354 e. The summed E-state index contributed by atoms with van der Waals surface area (Å²) in [6.07, 6.45) is 2.47. The predicted molar refractivity (Wildman–Crippen MR) is 115 cm³/mol. The maximum Gasteiger partial charge on any atom is 0.286 e. The number of nitrogens with zero attached hydrogens (tertiary/aromatic N) is 2. The van der Waals surface area contributed by atoms with Crippen molar-refractivity contribution in [2.45, 2.75) is 38.6 Å². The van der Waals surface area contributed by atoms with Crippen molar-refractivity contribution < 1.29 is 14.0 Å². The lowest BCUT2D eigenvalue weighted by Gasteiger charge is -2.13. The average Bonchev–Trinajstić information content (AvgIpc) is 3.22. The highest BCUT2D eigenvalue weighted by Gasteiger charge is 2.15. The number of halogens is 1. The normalized spacial score (nSPS) is 11.7. The van der Waals surface area contributed by atoms with Gasteiger partial charge in [-0.3, -0.25) is 9.59 Å². The van der Waals surface area contributed by atoms with E-state index in [-0.39, 0.29) is 29.2 Å². The van der Waals surface area contributed by atoms with Gasteiger partial charge in [-0.2, -0.15) is 0 Å². The number of nitrogens with one attached hydrogen (secondary N) is 2. The van der Waals surface area contributed by atoms with Crippen LogP contribution in [-0.4, -0.2) is 28.1 Å². The second-order valence-corrected chi connectivity index (χ2v) is 8.02. The summed E-state index contributed by atoms with van der Waals surface area (Å²) in [5, 5.41) is 14.3. The summed E-state index contributed by atoms with van der Waals surface area (Å²) in [6.45, 7) is 1.99. The molecule has 3 rings (SSSR count). The third-order valence-corrected chi connectivity index (χ3v) is 5.43. The van der Waals surface area contributed by atoms with E-state index in [1.807, 2.05) is 25.1 Å². The molecular formula is C22H23FN4O2S. The van der Waals surface area contributed by atoms with Crippen LogP contribution in [0.1, 0.15) is 40.1 Å². The van der Waals surface area contributed by atoms with Gasteiger partial charge in [-0.05, 0) is 49.6 Å². The lowest BCUT2D eigenvalue weighted by Crippen LogP contribution is -2.33. The predicted octanol–water partition coefficient (Wildman–Crippen LogP) is 4.00. The molecule has 0 saturated carbocycles. The van der Waals surface area contributed by atoms with Crippen molar-refractivity contribution in [2.75, 3.05) is 5.32 Å². The van der Waals surface area contributed by atoms with Crippen LogP contribution in [0, 0.1) is 5.82 Å². The number of carbonyl (C=O) groups is 2. The lowest BCUT2D eigenvalue weighted by atomic mass is 10.1. The Labute approximate surface area is 178 Å². The van der Waals surface area contributed by atoms with Gasteiger partial charge in [0.25, 0.3) is 5.91 Å². The first-order valence-electron chi connectivity index (χ1n) is 9.72. The third-order valence-electron chi connectivity index (χ3n) is 4.45. The van der Waals surface area contributed by atoms with Crippen LogP contribution in [0.25, 0.3) is 0 Å². The summed E-state index contributed by atoms with van der Waals surface area (Å²) < 4.78 is 12.9. The van der Waals surface area contributed by atoms with Gasteiger partial charge in [-0.25, -0.2) is 4.39 Å². The number of hydrogen-bond donors (Lipinski definition) is 2. The fourth-order valence-electron chi connectivity index (χ4n) is 2.83. The van der Waals surface area contributed by atoms with Crippen LogP contribution >= 0.6 is 11.3 Å². The molecule has 0 aliphatic carbocycles. The highest BCUT2D eigenvalue weighted by molar-refractivity contribution is 7.13. The molecule has 0 spiro atoms. The molecule has 1 heterocycles. The first-order valence-corrected chi connectivity index (χ1v) is 10.5. The van der Waals surface area contributed by atoms with Gasteiger partial charge in [-0.1, -0.05) is 41.7 Å². The van der Waals surface area contributed by atoms with E-state index in [1.54, 1.807) is 0 Å². The fourth-order valence-corrected chi connectivity index (χ4v) is 3.57. The molecule has 156 valence electrons. The van der Waals surface area contributed by atoms with Crippen molar-refractivity contribution in [3.05, 3.63) is 76.0 Å². The molecule has 0 aliphatic rings. The van der Waals surface area contributed by atoms with Crippen molar-refractivity contribution in [3.63, 3.8) is 0 Å². The molecule has 2 N–H and O–H groups in total. The molecule has 0 fully saturated rings. The average molecular weight is 427 g/mol. The van der Waals surface area contributed by atoms with E-state index >= 15 is 0 Å². The van der Waals surface area contributed by atoms with Crippen molar-refractivity contribution in [1.29, 1.82) is 0 Å². The zero-order valence-electron chi connectivity index (χ0n) is 16.6. The van der Waals surface area contributed by atoms with E-state index in [0.29, 0.717) is 17.1 Å². The van der Waals surface area contributed by atoms with Crippen LogP contribution < -0.4 is 10.6 Å². The van der Waals surface area contributed by atoms with Gasteiger partial charge in [0.1, 0.15) is 10.8 Å². The maximum absolute atomic E-state index is 12.9. The van der Waals surface area contributed by atoms with E-state index in [1.165, 1.54) is 29.8 Å². The Morgan fingerprint density at radius 3 is 2.50 bits per heavy atom. The molecule has 1 atom stereocenters. The van der Waals surface area contributed by atoms with Gasteiger partial charge < -0.3 is 10.6 Å². The van der Waals surface area contributed by atoms with Gasteiger partial charge in [0, 0.05) is 24.6 Å². The molecule has 2 amide bonds. The SMILES string of the molecule is CC(CCc1ccccc1)NC(=O)CCc1nnc(C(=O)Nc2ccc(F)cc2)s1. The van der Waals surface area contributed by atoms with E-state index in [9.17, 15) is 14.0 Å². The quantitative estimate of drug-likeness (QED) is 0.542. The van der Waals surface area contributed by atoms with E-state index < -0.39 is 5.91 Å². The number of amides is 2. The van der Waals surface area contributed by atoms with Crippen molar-refractivity contribution in [1.82, 2.24) is 15.5 Å². The second-order valence-electron chi connectivity index (χ2n) is 6.95. The number of carbonyl (C=O) groups excluding carboxylic acids is 2. The Kier molecular flexibility index (Phi) is 7.62. The number of rotatable bonds is 9. The Bertz CT molecular complexity index is 976. The molecule has 0 saturated heterocycles. The lowest BCUT2D eigenvalue weighted by molar-refractivity contribution is -0.121. The minimum Gasteiger partial charge on any atom is -0.354 e. The summed E-state index contributed by atoms with van der Waals surface area (Å²) >= 11 is 1.14. The number of aromatic nitrogens is 2. The smallest absolute Gasteiger partial charge is 0.286 e. The van der Waals surface area contributed by atoms with Gasteiger partial charge in [0.15, 0.2) is 0 Å². The van der Waals surface area contributed by atoms with E-state index in [0.717, 1.165) is 24.2 Å². The van der Waals surface area contributed by atoms with Gasteiger partial charge in [0.2, 0.25) is 10.9 Å². The summed E-state index contributed by atoms with van der Waals surface area (Å²) in [7, 11) is 0. The van der Waals surface area contributed by atoms with Crippen molar-refractivity contribution >= 4 is 28.8 Å². The van der Waals surface area contributed by atoms with E-state index in [2.05, 4.69) is 33.0 Å². The Morgan fingerprint density at radius 2 is 1.77 bits per heavy atom. The topological polar surface area (TPSA) is 84.0 Å². The Hall–Kier alpha value is -3.13. The minimum absolute atomic E-state index is 0.0527. The minimum atomic E-state index is -0.413. The molecule has 0 radical (unpaired) electrons. The second kappa shape index (κ2) is 10.6. The molecule has 0 bridgehead atoms. The van der Waals surface area contributed by atoms with Crippen LogP contribution in [0.4, 0.5) is 10.1 Å². The fraction of sp³-hybridized carbons (Fsp3) is 0.273. The zero-order valence-corrected chi connectivity index (χ0v) is 17.4. The summed E-state index contributed by atoms with van der Waals surface area (Å²) in [5.74, 6) is -0.841. The molecule has 6 nitrogen and oxygen atoms in total. The Balaban J connectivity index is 1.41. The highest BCUT2D eigenvalue weighted by Crippen LogP contribution is 2.15. The van der Waals surface area contributed by atoms with Gasteiger partial charge >= 0.3 is 0 Å². The van der Waals surface area contributed by atoms with Crippen LogP contribution in [0.3, 0.4) is 0 Å². The van der Waals surface area contributed by atoms with Crippen molar-refractivity contribution in [2.24, 2.45) is 0 Å². The molecule has 8 heteroatoms. The summed E-state index contributed by atoms with van der Waals surface area (Å²) in [4.78, 5) is 24.4. The number of aryl methyl sites for hydroxylation is 2. The molecule has 1 aromatic heterocycles. The van der Waals surface area contributed by atoms with Crippen molar-refractivity contribution in [3.8, 4) is 0 Å². The first-order chi connectivity index (χ1) is 14.5. The number of anilines is 1. The molecule has 3 aromatic rings. The van der Waals surface area contributed by atoms with Crippen LogP contribution in [-0.2, 0) is 17.6 Å². The summed E-state index contributed by atoms with van der Waals surface area (Å²) in [5.41, 5.74) is 1.72. The zero-order chi connectivity index (χ0) is 21.3. The molecular weight excluding hydrogens is 403 g/mol. The summed E-state index contributed by atoms with van der Waals surface area (Å²) in [6, 6.07) is 15.7. The third kappa shape index (κ3) is 6.73. The molecule has 0 aliphatic heterocycles. The number of benzene rings is 2. The first kappa shape index (κ1) is 21.6. The van der Waals surface area contributed by atoms with Gasteiger partial charge in [-0.15, -0.1) is 10.2 Å². The Morgan fingerprint density at radius 1 is 1.03 bits per heavy atom. The van der Waals surface area contributed by atoms with Crippen LogP contribution in [0.2, 0.25) is 0 Å². The molecule has 30 heavy (non-hydrogen) atoms. The van der Waals surface area contributed by atoms with Crippen LogP contribution in [0.5, 0.6) is 0 Å². The maximum atomic E-state index is 12.9. The molecule has 1 unspecified atom stereocenters.